The minimum atomic E-state index is 1.01. The second-order valence-electron chi connectivity index (χ2n) is 7.14. The normalized spacial score (nSPS) is 11.5. The lowest BCUT2D eigenvalue weighted by Crippen LogP contribution is -2.23. The predicted octanol–water partition coefficient (Wildman–Crippen LogP) is 7.00. The molecule has 0 heterocycles. The van der Waals surface area contributed by atoms with Gasteiger partial charge in [-0.1, -0.05) is 105 Å². The maximum absolute atomic E-state index is 2.55. The van der Waals surface area contributed by atoms with Crippen LogP contribution in [0.2, 0.25) is 0 Å². The number of nitrogens with zero attached hydrogens (tertiary/aromatic N) is 1. The fourth-order valence-electron chi connectivity index (χ4n) is 3.26. The van der Waals surface area contributed by atoms with E-state index in [0.29, 0.717) is 0 Å². The first-order valence-corrected chi connectivity index (χ1v) is 10.3. The van der Waals surface area contributed by atoms with E-state index >= 15 is 0 Å². The molecular weight excluding hydrogens is 314 g/mol. The lowest BCUT2D eigenvalue weighted by molar-refractivity contribution is 0.262. The summed E-state index contributed by atoms with van der Waals surface area (Å²) in [6, 6.07) is 21.6. The third kappa shape index (κ3) is 9.01. The van der Waals surface area contributed by atoms with Gasteiger partial charge >= 0.3 is 0 Å². The van der Waals surface area contributed by atoms with Crippen LogP contribution in [-0.4, -0.2) is 11.4 Å². The fraction of sp³-hybridized carbons (Fsp3) is 0.440. The standard InChI is InChI=1S/C25H35N/c1-2-3-4-5-6-7-8-9-16-21-26(22-24-17-12-10-13-18-24)23-25-19-14-11-15-20-25/h8-15,17-20H,2-7,16,21-23H2,1H3/b9-8+. The smallest absolute Gasteiger partial charge is 0.0237 e. The second kappa shape index (κ2) is 13.4. The van der Waals surface area contributed by atoms with E-state index < -0.39 is 0 Å². The number of hydrogen-bond acceptors (Lipinski definition) is 1. The molecule has 0 aromatic heterocycles. The molecule has 0 atom stereocenters. The minimum absolute atomic E-state index is 1.01. The Labute approximate surface area is 160 Å². The molecule has 140 valence electrons. The summed E-state index contributed by atoms with van der Waals surface area (Å²) in [5.41, 5.74) is 2.78. The summed E-state index contributed by atoms with van der Waals surface area (Å²) in [6.45, 7) is 5.41. The van der Waals surface area contributed by atoms with Gasteiger partial charge in [0.05, 0.1) is 0 Å². The Hall–Kier alpha value is -1.86. The fourth-order valence-corrected chi connectivity index (χ4v) is 3.26. The van der Waals surface area contributed by atoms with Crippen LogP contribution in [0.25, 0.3) is 0 Å². The highest BCUT2D eigenvalue weighted by atomic mass is 15.1. The van der Waals surface area contributed by atoms with Crippen LogP contribution >= 0.6 is 0 Å². The highest BCUT2D eigenvalue weighted by molar-refractivity contribution is 5.17. The van der Waals surface area contributed by atoms with E-state index in [1.807, 2.05) is 0 Å². The first kappa shape index (κ1) is 20.5. The van der Waals surface area contributed by atoms with Gasteiger partial charge in [-0.3, -0.25) is 4.90 Å². The Kier molecular flexibility index (Phi) is 10.5. The summed E-state index contributed by atoms with van der Waals surface area (Å²) in [5, 5.41) is 0. The van der Waals surface area contributed by atoms with Gasteiger partial charge in [0.25, 0.3) is 0 Å². The Bertz CT molecular complexity index is 547. The molecule has 0 saturated carbocycles. The van der Waals surface area contributed by atoms with Gasteiger partial charge in [-0.2, -0.15) is 0 Å². The van der Waals surface area contributed by atoms with Crippen LogP contribution in [0.4, 0.5) is 0 Å². The van der Waals surface area contributed by atoms with Crippen molar-refractivity contribution in [1.82, 2.24) is 4.90 Å². The first-order valence-electron chi connectivity index (χ1n) is 10.3. The molecule has 0 radical (unpaired) electrons. The molecule has 0 saturated heterocycles. The van der Waals surface area contributed by atoms with Gasteiger partial charge in [-0.15, -0.1) is 0 Å². The van der Waals surface area contributed by atoms with E-state index in [1.54, 1.807) is 0 Å². The van der Waals surface area contributed by atoms with Crippen molar-refractivity contribution >= 4 is 0 Å². The average molecular weight is 350 g/mol. The maximum atomic E-state index is 2.55. The highest BCUT2D eigenvalue weighted by Crippen LogP contribution is 2.11. The number of allylic oxidation sites excluding steroid dienone is 1. The number of rotatable bonds is 13. The van der Waals surface area contributed by atoms with Crippen LogP contribution in [0.1, 0.15) is 63.0 Å². The lowest BCUT2D eigenvalue weighted by Gasteiger charge is -2.22. The summed E-state index contributed by atoms with van der Waals surface area (Å²) >= 11 is 0. The van der Waals surface area contributed by atoms with E-state index in [-0.39, 0.29) is 0 Å². The average Bonchev–Trinajstić information content (AvgIpc) is 2.68. The quantitative estimate of drug-likeness (QED) is 0.278. The monoisotopic (exact) mass is 349 g/mol. The van der Waals surface area contributed by atoms with Gasteiger partial charge in [-0.05, 0) is 30.4 Å². The van der Waals surface area contributed by atoms with Gasteiger partial charge in [0.15, 0.2) is 0 Å². The van der Waals surface area contributed by atoms with E-state index in [0.717, 1.165) is 26.1 Å². The topological polar surface area (TPSA) is 3.24 Å². The van der Waals surface area contributed by atoms with Crippen LogP contribution in [0, 0.1) is 0 Å². The number of benzene rings is 2. The Morgan fingerprint density at radius 3 is 1.77 bits per heavy atom. The zero-order chi connectivity index (χ0) is 18.3. The SMILES string of the molecule is CCCCCCC/C=C/CCN(Cc1ccccc1)Cc1ccccc1. The van der Waals surface area contributed by atoms with Gasteiger partial charge in [0.2, 0.25) is 0 Å². The summed E-state index contributed by atoms with van der Waals surface area (Å²) in [4.78, 5) is 2.55. The maximum Gasteiger partial charge on any atom is 0.0237 e. The van der Waals surface area contributed by atoms with Crippen LogP contribution in [0.5, 0.6) is 0 Å². The van der Waals surface area contributed by atoms with Crippen molar-refractivity contribution in [2.75, 3.05) is 6.54 Å². The summed E-state index contributed by atoms with van der Waals surface area (Å²) in [7, 11) is 0. The zero-order valence-corrected chi connectivity index (χ0v) is 16.4. The molecule has 1 heteroatoms. The Balaban J connectivity index is 1.76. The first-order chi connectivity index (χ1) is 12.9. The van der Waals surface area contributed by atoms with Crippen LogP contribution in [-0.2, 0) is 13.1 Å². The molecule has 0 amide bonds. The van der Waals surface area contributed by atoms with Crippen molar-refractivity contribution in [1.29, 1.82) is 0 Å². The molecule has 1 nitrogen and oxygen atoms in total. The lowest BCUT2D eigenvalue weighted by atomic mass is 10.1. The molecule has 0 N–H and O–H groups in total. The molecule has 0 fully saturated rings. The summed E-state index contributed by atoms with van der Waals surface area (Å²) < 4.78 is 0. The van der Waals surface area contributed by atoms with Gasteiger partial charge < -0.3 is 0 Å². The largest absolute Gasteiger partial charge is 0.295 e. The van der Waals surface area contributed by atoms with Crippen LogP contribution in [0.15, 0.2) is 72.8 Å². The molecule has 0 aliphatic rings. The molecule has 2 aromatic carbocycles. The van der Waals surface area contributed by atoms with Crippen molar-refractivity contribution < 1.29 is 0 Å². The Morgan fingerprint density at radius 1 is 0.654 bits per heavy atom. The van der Waals surface area contributed by atoms with E-state index in [9.17, 15) is 0 Å². The summed E-state index contributed by atoms with van der Waals surface area (Å²) in [5.74, 6) is 0. The van der Waals surface area contributed by atoms with Crippen molar-refractivity contribution in [2.24, 2.45) is 0 Å². The molecule has 2 rings (SSSR count). The molecule has 26 heavy (non-hydrogen) atoms. The number of unbranched alkanes of at least 4 members (excludes halogenated alkanes) is 5. The van der Waals surface area contributed by atoms with E-state index in [1.165, 1.54) is 49.7 Å². The van der Waals surface area contributed by atoms with Crippen molar-refractivity contribution in [2.45, 2.75) is 65.0 Å². The third-order valence-corrected chi connectivity index (χ3v) is 4.75. The number of hydrogen-bond donors (Lipinski definition) is 0. The van der Waals surface area contributed by atoms with Gasteiger partial charge in [-0.25, -0.2) is 0 Å². The summed E-state index contributed by atoms with van der Waals surface area (Å²) in [6.07, 6.45) is 14.0. The minimum Gasteiger partial charge on any atom is -0.295 e. The second-order valence-corrected chi connectivity index (χ2v) is 7.14. The van der Waals surface area contributed by atoms with Crippen molar-refractivity contribution in [3.05, 3.63) is 83.9 Å². The molecule has 0 aliphatic heterocycles. The van der Waals surface area contributed by atoms with Gasteiger partial charge in [0.1, 0.15) is 0 Å². The molecule has 0 spiro atoms. The zero-order valence-electron chi connectivity index (χ0n) is 16.4. The highest BCUT2D eigenvalue weighted by Gasteiger charge is 2.06. The van der Waals surface area contributed by atoms with Crippen molar-refractivity contribution in [3.8, 4) is 0 Å². The van der Waals surface area contributed by atoms with Crippen LogP contribution in [0.3, 0.4) is 0 Å². The van der Waals surface area contributed by atoms with Gasteiger partial charge in [0, 0.05) is 19.6 Å². The molecule has 2 aromatic rings. The van der Waals surface area contributed by atoms with E-state index in [2.05, 4.69) is 84.6 Å². The van der Waals surface area contributed by atoms with Crippen LogP contribution < -0.4 is 0 Å². The molecular formula is C25H35N. The van der Waals surface area contributed by atoms with E-state index in [4.69, 9.17) is 0 Å². The molecule has 0 unspecified atom stereocenters. The predicted molar refractivity (Wildman–Crippen MR) is 114 cm³/mol. The molecule has 0 aliphatic carbocycles. The molecule has 0 bridgehead atoms. The van der Waals surface area contributed by atoms with Crippen molar-refractivity contribution in [3.63, 3.8) is 0 Å². The third-order valence-electron chi connectivity index (χ3n) is 4.75. The Morgan fingerprint density at radius 2 is 1.19 bits per heavy atom.